The maximum atomic E-state index is 12.2. The quantitative estimate of drug-likeness (QED) is 0.694. The summed E-state index contributed by atoms with van der Waals surface area (Å²) in [5.41, 5.74) is 9.57. The fourth-order valence-electron chi connectivity index (χ4n) is 3.00. The summed E-state index contributed by atoms with van der Waals surface area (Å²) < 4.78 is 5.91. The molecule has 0 aliphatic heterocycles. The van der Waals surface area contributed by atoms with Gasteiger partial charge in [-0.1, -0.05) is 36.4 Å². The van der Waals surface area contributed by atoms with Crippen LogP contribution in [0.4, 0.5) is 5.69 Å². The number of amides is 1. The molecule has 4 heteroatoms. The highest BCUT2D eigenvalue weighted by atomic mass is 16.3. The second-order valence-electron chi connectivity index (χ2n) is 6.08. The van der Waals surface area contributed by atoms with Gasteiger partial charge in [0.05, 0.1) is 6.04 Å². The van der Waals surface area contributed by atoms with Crippen molar-refractivity contribution in [3.05, 3.63) is 65.4 Å². The molecule has 0 fully saturated rings. The number of fused-ring (bicyclic) bond motifs is 1. The molecule has 0 spiro atoms. The molecule has 0 aliphatic carbocycles. The molecule has 24 heavy (non-hydrogen) atoms. The van der Waals surface area contributed by atoms with E-state index in [1.54, 1.807) is 0 Å². The number of furan rings is 1. The monoisotopic (exact) mass is 322 g/mol. The first-order valence-electron chi connectivity index (χ1n) is 8.17. The summed E-state index contributed by atoms with van der Waals surface area (Å²) in [6.45, 7) is 3.97. The number of para-hydroxylation sites is 2. The number of aryl methyl sites for hydroxylation is 2. The van der Waals surface area contributed by atoms with E-state index >= 15 is 0 Å². The van der Waals surface area contributed by atoms with Crippen molar-refractivity contribution < 1.29 is 9.21 Å². The topological polar surface area (TPSA) is 68.3 Å². The van der Waals surface area contributed by atoms with Gasteiger partial charge in [0, 0.05) is 23.1 Å². The van der Waals surface area contributed by atoms with E-state index in [1.165, 1.54) is 0 Å². The SMILES string of the molecule is Cc1c(C(C)NC(=O)CCc2ccccc2N)oc2ccccc12. The third-order valence-corrected chi connectivity index (χ3v) is 4.33. The molecule has 1 heterocycles. The Morgan fingerprint density at radius 3 is 2.62 bits per heavy atom. The van der Waals surface area contributed by atoms with Crippen LogP contribution in [-0.4, -0.2) is 5.91 Å². The van der Waals surface area contributed by atoms with Gasteiger partial charge in [-0.05, 0) is 38.0 Å². The van der Waals surface area contributed by atoms with E-state index in [1.807, 2.05) is 62.4 Å². The van der Waals surface area contributed by atoms with Crippen LogP contribution in [0.5, 0.6) is 0 Å². The number of nitrogens with two attached hydrogens (primary N) is 1. The molecule has 3 N–H and O–H groups in total. The minimum Gasteiger partial charge on any atom is -0.459 e. The van der Waals surface area contributed by atoms with Crippen molar-refractivity contribution >= 4 is 22.6 Å². The van der Waals surface area contributed by atoms with Crippen molar-refractivity contribution in [3.8, 4) is 0 Å². The first kappa shape index (κ1) is 16.1. The lowest BCUT2D eigenvalue weighted by Gasteiger charge is -2.13. The van der Waals surface area contributed by atoms with Crippen molar-refractivity contribution in [3.63, 3.8) is 0 Å². The molecular weight excluding hydrogens is 300 g/mol. The number of hydrogen-bond acceptors (Lipinski definition) is 3. The summed E-state index contributed by atoms with van der Waals surface area (Å²) in [6, 6.07) is 15.4. The van der Waals surface area contributed by atoms with Crippen LogP contribution in [0, 0.1) is 6.92 Å². The Morgan fingerprint density at radius 2 is 1.88 bits per heavy atom. The zero-order valence-corrected chi connectivity index (χ0v) is 14.0. The molecule has 1 aromatic heterocycles. The van der Waals surface area contributed by atoms with E-state index in [0.717, 1.165) is 33.5 Å². The first-order valence-corrected chi connectivity index (χ1v) is 8.17. The second kappa shape index (κ2) is 6.79. The van der Waals surface area contributed by atoms with Crippen LogP contribution >= 0.6 is 0 Å². The molecule has 2 aromatic carbocycles. The number of carbonyl (C=O) groups is 1. The normalized spacial score (nSPS) is 12.2. The van der Waals surface area contributed by atoms with Gasteiger partial charge < -0.3 is 15.5 Å². The Labute approximate surface area is 141 Å². The molecule has 4 nitrogen and oxygen atoms in total. The Bertz CT molecular complexity index is 867. The Balaban J connectivity index is 1.65. The first-order chi connectivity index (χ1) is 11.6. The number of nitrogens with one attached hydrogen (secondary N) is 1. The van der Waals surface area contributed by atoms with E-state index in [-0.39, 0.29) is 11.9 Å². The zero-order valence-electron chi connectivity index (χ0n) is 14.0. The number of rotatable bonds is 5. The lowest BCUT2D eigenvalue weighted by Crippen LogP contribution is -2.27. The van der Waals surface area contributed by atoms with E-state index in [4.69, 9.17) is 10.2 Å². The highest BCUT2D eigenvalue weighted by Crippen LogP contribution is 2.29. The van der Waals surface area contributed by atoms with Crippen LogP contribution in [0.25, 0.3) is 11.0 Å². The standard InChI is InChI=1S/C20H22N2O2/c1-13-16-8-4-6-10-18(16)24-20(13)14(2)22-19(23)12-11-15-7-3-5-9-17(15)21/h3-10,14H,11-12,21H2,1-2H3,(H,22,23). The fourth-order valence-corrected chi connectivity index (χ4v) is 3.00. The summed E-state index contributed by atoms with van der Waals surface area (Å²) in [5, 5.41) is 4.10. The van der Waals surface area contributed by atoms with Crippen molar-refractivity contribution in [2.24, 2.45) is 0 Å². The lowest BCUT2D eigenvalue weighted by molar-refractivity contribution is -0.121. The van der Waals surface area contributed by atoms with E-state index in [0.29, 0.717) is 12.8 Å². The molecule has 0 aliphatic rings. The smallest absolute Gasteiger partial charge is 0.220 e. The predicted octanol–water partition coefficient (Wildman–Crippen LogP) is 4.13. The summed E-state index contributed by atoms with van der Waals surface area (Å²) in [7, 11) is 0. The van der Waals surface area contributed by atoms with Gasteiger partial charge in [-0.2, -0.15) is 0 Å². The van der Waals surface area contributed by atoms with Gasteiger partial charge >= 0.3 is 0 Å². The zero-order chi connectivity index (χ0) is 17.1. The van der Waals surface area contributed by atoms with Crippen LogP contribution in [0.15, 0.2) is 52.9 Å². The third kappa shape index (κ3) is 3.27. The average Bonchev–Trinajstić information content (AvgIpc) is 2.92. The molecule has 0 saturated heterocycles. The van der Waals surface area contributed by atoms with E-state index in [9.17, 15) is 4.79 Å². The maximum absolute atomic E-state index is 12.2. The molecular formula is C20H22N2O2. The molecule has 1 atom stereocenters. The highest BCUT2D eigenvalue weighted by Gasteiger charge is 2.18. The Morgan fingerprint density at radius 1 is 1.17 bits per heavy atom. The van der Waals surface area contributed by atoms with E-state index < -0.39 is 0 Å². The summed E-state index contributed by atoms with van der Waals surface area (Å²) in [4.78, 5) is 12.2. The summed E-state index contributed by atoms with van der Waals surface area (Å²) in [6.07, 6.45) is 1.03. The largest absolute Gasteiger partial charge is 0.459 e. The molecule has 1 amide bonds. The molecule has 124 valence electrons. The number of carbonyl (C=O) groups excluding carboxylic acids is 1. The highest BCUT2D eigenvalue weighted by molar-refractivity contribution is 5.82. The van der Waals surface area contributed by atoms with Crippen molar-refractivity contribution in [2.75, 3.05) is 5.73 Å². The predicted molar refractivity (Wildman–Crippen MR) is 96.7 cm³/mol. The van der Waals surface area contributed by atoms with Crippen molar-refractivity contribution in [1.29, 1.82) is 0 Å². The van der Waals surface area contributed by atoms with Crippen molar-refractivity contribution in [1.82, 2.24) is 5.32 Å². The molecule has 0 radical (unpaired) electrons. The van der Waals surface area contributed by atoms with Crippen LogP contribution in [0.3, 0.4) is 0 Å². The van der Waals surface area contributed by atoms with Gasteiger partial charge in [-0.3, -0.25) is 4.79 Å². The summed E-state index contributed by atoms with van der Waals surface area (Å²) >= 11 is 0. The van der Waals surface area contributed by atoms with Crippen molar-refractivity contribution in [2.45, 2.75) is 32.7 Å². The summed E-state index contributed by atoms with van der Waals surface area (Å²) in [5.74, 6) is 0.800. The Kier molecular flexibility index (Phi) is 4.56. The van der Waals surface area contributed by atoms with Gasteiger partial charge in [0.1, 0.15) is 11.3 Å². The van der Waals surface area contributed by atoms with Gasteiger partial charge in [-0.25, -0.2) is 0 Å². The number of benzene rings is 2. The molecule has 3 rings (SSSR count). The number of nitrogen functional groups attached to an aromatic ring is 1. The van der Waals surface area contributed by atoms with Gasteiger partial charge in [0.25, 0.3) is 0 Å². The van der Waals surface area contributed by atoms with Gasteiger partial charge in [0.15, 0.2) is 0 Å². The molecule has 0 saturated carbocycles. The van der Waals surface area contributed by atoms with Crippen LogP contribution < -0.4 is 11.1 Å². The molecule has 1 unspecified atom stereocenters. The van der Waals surface area contributed by atoms with Gasteiger partial charge in [-0.15, -0.1) is 0 Å². The van der Waals surface area contributed by atoms with E-state index in [2.05, 4.69) is 5.32 Å². The fraction of sp³-hybridized carbons (Fsp3) is 0.250. The maximum Gasteiger partial charge on any atom is 0.220 e. The second-order valence-corrected chi connectivity index (χ2v) is 6.08. The van der Waals surface area contributed by atoms with Gasteiger partial charge in [0.2, 0.25) is 5.91 Å². The minimum atomic E-state index is -0.168. The van der Waals surface area contributed by atoms with Crippen LogP contribution in [-0.2, 0) is 11.2 Å². The third-order valence-electron chi connectivity index (χ3n) is 4.33. The molecule has 0 bridgehead atoms. The average molecular weight is 322 g/mol. The number of anilines is 1. The number of hydrogen-bond donors (Lipinski definition) is 2. The Hall–Kier alpha value is -2.75. The lowest BCUT2D eigenvalue weighted by atomic mass is 10.1. The minimum absolute atomic E-state index is 0.00870. The van der Waals surface area contributed by atoms with Crippen LogP contribution in [0.2, 0.25) is 0 Å². The van der Waals surface area contributed by atoms with Crippen LogP contribution in [0.1, 0.15) is 36.3 Å². The molecule has 3 aromatic rings.